The Hall–Kier alpha value is -0.920. The zero-order chi connectivity index (χ0) is 13.9. The number of carbonyl (C=O) groups is 1. The van der Waals surface area contributed by atoms with Gasteiger partial charge in [-0.1, -0.05) is 12.1 Å². The largest absolute Gasteiger partial charge is 0.355 e. The zero-order valence-electron chi connectivity index (χ0n) is 10.2. The van der Waals surface area contributed by atoms with Gasteiger partial charge in [0, 0.05) is 11.0 Å². The second-order valence-electron chi connectivity index (χ2n) is 4.39. The third kappa shape index (κ3) is 3.55. The van der Waals surface area contributed by atoms with Crippen molar-refractivity contribution in [2.75, 3.05) is 6.54 Å². The molecule has 1 heterocycles. The molecule has 1 fully saturated rings. The van der Waals surface area contributed by atoms with E-state index in [2.05, 4.69) is 26.0 Å². The maximum atomic E-state index is 12.3. The highest BCUT2D eigenvalue weighted by atomic mass is 79.9. The van der Waals surface area contributed by atoms with E-state index in [9.17, 15) is 13.2 Å². The fraction of sp³-hybridized carbons (Fsp3) is 0.417. The van der Waals surface area contributed by atoms with Gasteiger partial charge in [-0.2, -0.15) is 4.72 Å². The van der Waals surface area contributed by atoms with Gasteiger partial charge in [-0.15, -0.1) is 0 Å². The van der Waals surface area contributed by atoms with E-state index in [1.54, 1.807) is 18.2 Å². The van der Waals surface area contributed by atoms with Crippen molar-refractivity contribution in [1.82, 2.24) is 10.0 Å². The molecule has 0 spiro atoms. The van der Waals surface area contributed by atoms with Crippen molar-refractivity contribution in [2.45, 2.75) is 30.2 Å². The number of amides is 1. The van der Waals surface area contributed by atoms with Gasteiger partial charge in [-0.3, -0.25) is 4.79 Å². The Bertz CT molecular complexity index is 574. The van der Waals surface area contributed by atoms with Crippen molar-refractivity contribution < 1.29 is 13.2 Å². The monoisotopic (exact) mass is 346 g/mol. The summed E-state index contributed by atoms with van der Waals surface area (Å²) in [7, 11) is -3.70. The normalized spacial score (nSPS) is 20.7. The van der Waals surface area contributed by atoms with E-state index in [1.165, 1.54) is 6.07 Å². The molecule has 0 bridgehead atoms. The molecule has 1 unspecified atom stereocenters. The number of rotatable bonds is 3. The Labute approximate surface area is 121 Å². The molecule has 0 aliphatic carbocycles. The molecule has 1 aliphatic heterocycles. The Balaban J connectivity index is 2.21. The van der Waals surface area contributed by atoms with Crippen molar-refractivity contribution in [3.63, 3.8) is 0 Å². The molecule has 19 heavy (non-hydrogen) atoms. The standard InChI is InChI=1S/C12H15BrN2O3S/c13-9-5-1-2-7-11(9)19(17,18)15-10-6-3-4-8-14-12(10)16/h1-2,5,7,10,15H,3-4,6,8H2,(H,14,16). The molecule has 7 heteroatoms. The summed E-state index contributed by atoms with van der Waals surface area (Å²) in [6.45, 7) is 0.603. The van der Waals surface area contributed by atoms with Crippen molar-refractivity contribution in [1.29, 1.82) is 0 Å². The summed E-state index contributed by atoms with van der Waals surface area (Å²) in [4.78, 5) is 11.9. The lowest BCUT2D eigenvalue weighted by molar-refractivity contribution is -0.122. The molecule has 5 nitrogen and oxygen atoms in total. The fourth-order valence-electron chi connectivity index (χ4n) is 1.97. The maximum absolute atomic E-state index is 12.3. The number of hydrogen-bond donors (Lipinski definition) is 2. The first-order valence-corrected chi connectivity index (χ1v) is 8.33. The van der Waals surface area contributed by atoms with Gasteiger partial charge >= 0.3 is 0 Å². The highest BCUT2D eigenvalue weighted by Crippen LogP contribution is 2.21. The van der Waals surface area contributed by atoms with E-state index >= 15 is 0 Å². The van der Waals surface area contributed by atoms with Crippen LogP contribution in [0.2, 0.25) is 0 Å². The Morgan fingerprint density at radius 1 is 1.26 bits per heavy atom. The van der Waals surface area contributed by atoms with E-state index in [-0.39, 0.29) is 10.8 Å². The molecular formula is C12H15BrN2O3S. The number of hydrogen-bond acceptors (Lipinski definition) is 3. The average Bonchev–Trinajstić information content (AvgIpc) is 2.55. The van der Waals surface area contributed by atoms with Crippen molar-refractivity contribution >= 4 is 31.9 Å². The third-order valence-corrected chi connectivity index (χ3v) is 5.44. The van der Waals surface area contributed by atoms with Gasteiger partial charge in [0.15, 0.2) is 0 Å². The molecule has 1 atom stereocenters. The van der Waals surface area contributed by atoms with Crippen LogP contribution in [0.5, 0.6) is 0 Å². The van der Waals surface area contributed by atoms with Crippen LogP contribution in [0.25, 0.3) is 0 Å². The van der Waals surface area contributed by atoms with Crippen molar-refractivity contribution in [3.05, 3.63) is 28.7 Å². The SMILES string of the molecule is O=C1NCCCCC1NS(=O)(=O)c1ccccc1Br. The molecule has 1 saturated heterocycles. The summed E-state index contributed by atoms with van der Waals surface area (Å²) < 4.78 is 27.5. The minimum atomic E-state index is -3.70. The molecule has 0 radical (unpaired) electrons. The van der Waals surface area contributed by atoms with E-state index in [1.807, 2.05) is 0 Å². The van der Waals surface area contributed by atoms with Crippen LogP contribution in [-0.2, 0) is 14.8 Å². The van der Waals surface area contributed by atoms with Crippen LogP contribution in [0, 0.1) is 0 Å². The van der Waals surface area contributed by atoms with E-state index in [0.717, 1.165) is 12.8 Å². The molecule has 2 N–H and O–H groups in total. The first-order chi connectivity index (χ1) is 9.00. The van der Waals surface area contributed by atoms with Crippen LogP contribution >= 0.6 is 15.9 Å². The number of carbonyl (C=O) groups excluding carboxylic acids is 1. The summed E-state index contributed by atoms with van der Waals surface area (Å²) in [5, 5.41) is 2.71. The number of sulfonamides is 1. The first-order valence-electron chi connectivity index (χ1n) is 6.05. The van der Waals surface area contributed by atoms with Gasteiger partial charge in [0.25, 0.3) is 0 Å². The minimum Gasteiger partial charge on any atom is -0.355 e. The number of benzene rings is 1. The first kappa shape index (κ1) is 14.5. The second kappa shape index (κ2) is 6.02. The van der Waals surface area contributed by atoms with Crippen molar-refractivity contribution in [2.24, 2.45) is 0 Å². The van der Waals surface area contributed by atoms with Crippen LogP contribution in [0.15, 0.2) is 33.6 Å². The Kier molecular flexibility index (Phi) is 4.59. The molecule has 104 valence electrons. The molecule has 1 aromatic carbocycles. The zero-order valence-corrected chi connectivity index (χ0v) is 12.6. The van der Waals surface area contributed by atoms with Crippen LogP contribution in [0.3, 0.4) is 0 Å². The highest BCUT2D eigenvalue weighted by Gasteiger charge is 2.27. The fourth-order valence-corrected chi connectivity index (χ4v) is 4.20. The number of halogens is 1. The van der Waals surface area contributed by atoms with Crippen LogP contribution < -0.4 is 10.0 Å². The van der Waals surface area contributed by atoms with Crippen LogP contribution in [-0.4, -0.2) is 26.9 Å². The Morgan fingerprint density at radius 2 is 2.00 bits per heavy atom. The summed E-state index contributed by atoms with van der Waals surface area (Å²) in [5.74, 6) is -0.256. The Morgan fingerprint density at radius 3 is 2.74 bits per heavy atom. The lowest BCUT2D eigenvalue weighted by Crippen LogP contribution is -2.45. The highest BCUT2D eigenvalue weighted by molar-refractivity contribution is 9.10. The lowest BCUT2D eigenvalue weighted by atomic mass is 10.1. The van der Waals surface area contributed by atoms with Crippen molar-refractivity contribution in [3.8, 4) is 0 Å². The van der Waals surface area contributed by atoms with Gasteiger partial charge in [-0.05, 0) is 47.3 Å². The summed E-state index contributed by atoms with van der Waals surface area (Å²) in [5.41, 5.74) is 0. The summed E-state index contributed by atoms with van der Waals surface area (Å²) in [6, 6.07) is 5.84. The molecule has 0 aromatic heterocycles. The quantitative estimate of drug-likeness (QED) is 0.868. The third-order valence-electron chi connectivity index (χ3n) is 2.96. The summed E-state index contributed by atoms with van der Waals surface area (Å²) >= 11 is 3.21. The molecule has 1 amide bonds. The van der Waals surface area contributed by atoms with Gasteiger partial charge in [0.2, 0.25) is 15.9 Å². The van der Waals surface area contributed by atoms with Crippen LogP contribution in [0.1, 0.15) is 19.3 Å². The van der Waals surface area contributed by atoms with E-state index < -0.39 is 16.1 Å². The summed E-state index contributed by atoms with van der Waals surface area (Å²) in [6.07, 6.45) is 2.22. The topological polar surface area (TPSA) is 75.3 Å². The molecular weight excluding hydrogens is 332 g/mol. The number of nitrogens with one attached hydrogen (secondary N) is 2. The predicted octanol–water partition coefficient (Wildman–Crippen LogP) is 1.40. The molecule has 2 rings (SSSR count). The molecule has 1 aromatic rings. The van der Waals surface area contributed by atoms with E-state index in [0.29, 0.717) is 17.4 Å². The maximum Gasteiger partial charge on any atom is 0.242 e. The second-order valence-corrected chi connectivity index (χ2v) is 6.93. The molecule has 0 saturated carbocycles. The van der Waals surface area contributed by atoms with Crippen LogP contribution in [0.4, 0.5) is 0 Å². The predicted molar refractivity (Wildman–Crippen MR) is 75.1 cm³/mol. The molecule has 1 aliphatic rings. The van der Waals surface area contributed by atoms with E-state index in [4.69, 9.17) is 0 Å². The smallest absolute Gasteiger partial charge is 0.242 e. The minimum absolute atomic E-state index is 0.145. The lowest BCUT2D eigenvalue weighted by Gasteiger charge is -2.16. The van der Waals surface area contributed by atoms with Gasteiger partial charge < -0.3 is 5.32 Å². The average molecular weight is 347 g/mol. The van der Waals surface area contributed by atoms with Gasteiger partial charge in [0.05, 0.1) is 4.90 Å². The van der Waals surface area contributed by atoms with Gasteiger partial charge in [0.1, 0.15) is 6.04 Å². The van der Waals surface area contributed by atoms with Gasteiger partial charge in [-0.25, -0.2) is 8.42 Å².